The van der Waals surface area contributed by atoms with Crippen molar-refractivity contribution in [3.8, 4) is 0 Å². The molecular formula is C15H21N3. The molecule has 0 aliphatic carbocycles. The summed E-state index contributed by atoms with van der Waals surface area (Å²) < 4.78 is 0. The molecule has 1 unspecified atom stereocenters. The molecule has 0 aliphatic rings. The Bertz CT molecular complexity index is 503. The molecule has 0 amide bonds. The third-order valence-electron chi connectivity index (χ3n) is 3.33. The van der Waals surface area contributed by atoms with Crippen molar-refractivity contribution in [2.24, 2.45) is 5.92 Å². The average molecular weight is 243 g/mol. The summed E-state index contributed by atoms with van der Waals surface area (Å²) in [7, 11) is 0. The molecule has 0 fully saturated rings. The molecule has 0 spiro atoms. The predicted molar refractivity (Wildman–Crippen MR) is 75.5 cm³/mol. The van der Waals surface area contributed by atoms with E-state index in [1.807, 2.05) is 12.3 Å². The van der Waals surface area contributed by atoms with E-state index in [0.29, 0.717) is 12.0 Å². The van der Waals surface area contributed by atoms with Crippen LogP contribution in [0.1, 0.15) is 26.5 Å². The first-order valence-corrected chi connectivity index (χ1v) is 6.65. The molecule has 1 atom stereocenters. The molecule has 18 heavy (non-hydrogen) atoms. The molecule has 1 heterocycles. The fraction of sp³-hybridized carbons (Fsp3) is 0.467. The van der Waals surface area contributed by atoms with Gasteiger partial charge in [-0.3, -0.25) is 0 Å². The van der Waals surface area contributed by atoms with Crippen LogP contribution in [0.2, 0.25) is 0 Å². The highest BCUT2D eigenvalue weighted by Crippen LogP contribution is 2.18. The second-order valence-electron chi connectivity index (χ2n) is 4.99. The minimum atomic E-state index is 0.454. The molecule has 0 bridgehead atoms. The molecule has 0 saturated carbocycles. The van der Waals surface area contributed by atoms with Gasteiger partial charge in [0.1, 0.15) is 0 Å². The lowest BCUT2D eigenvalue weighted by molar-refractivity contribution is 0.402. The molecule has 0 aliphatic heterocycles. The van der Waals surface area contributed by atoms with Crippen molar-refractivity contribution in [3.05, 3.63) is 36.2 Å². The van der Waals surface area contributed by atoms with Crippen LogP contribution in [0.5, 0.6) is 0 Å². The molecule has 0 radical (unpaired) electrons. The Labute approximate surface area is 109 Å². The Kier molecular flexibility index (Phi) is 4.26. The number of nitrogens with one attached hydrogen (secondary N) is 1. The van der Waals surface area contributed by atoms with E-state index in [-0.39, 0.29) is 0 Å². The van der Waals surface area contributed by atoms with Gasteiger partial charge in [0.05, 0.1) is 11.9 Å². The number of fused-ring (bicyclic) bond motifs is 1. The zero-order valence-electron chi connectivity index (χ0n) is 11.4. The van der Waals surface area contributed by atoms with Crippen molar-refractivity contribution in [2.45, 2.75) is 33.2 Å². The fourth-order valence-corrected chi connectivity index (χ4v) is 2.25. The van der Waals surface area contributed by atoms with Crippen molar-refractivity contribution >= 4 is 10.8 Å². The van der Waals surface area contributed by atoms with Crippen LogP contribution < -0.4 is 5.32 Å². The van der Waals surface area contributed by atoms with Gasteiger partial charge in [-0.05, 0) is 12.5 Å². The Morgan fingerprint density at radius 2 is 2.00 bits per heavy atom. The maximum atomic E-state index is 4.32. The number of likely N-dealkylation sites (N-methyl/N-ethyl adjacent to an activating group) is 1. The van der Waals surface area contributed by atoms with E-state index in [1.165, 1.54) is 10.8 Å². The molecule has 2 rings (SSSR count). The molecule has 3 heteroatoms. The highest BCUT2D eigenvalue weighted by molar-refractivity contribution is 5.83. The van der Waals surface area contributed by atoms with Crippen molar-refractivity contribution in [1.82, 2.24) is 15.5 Å². The summed E-state index contributed by atoms with van der Waals surface area (Å²) in [4.78, 5) is 0. The second kappa shape index (κ2) is 5.91. The van der Waals surface area contributed by atoms with Crippen LogP contribution in [0.15, 0.2) is 30.5 Å². The van der Waals surface area contributed by atoms with Gasteiger partial charge < -0.3 is 5.32 Å². The van der Waals surface area contributed by atoms with Crippen molar-refractivity contribution in [1.29, 1.82) is 0 Å². The largest absolute Gasteiger partial charge is 0.314 e. The number of hydrogen-bond donors (Lipinski definition) is 1. The third-order valence-corrected chi connectivity index (χ3v) is 3.33. The number of hydrogen-bond acceptors (Lipinski definition) is 3. The highest BCUT2D eigenvalue weighted by Gasteiger charge is 2.15. The number of nitrogens with zero attached hydrogens (tertiary/aromatic N) is 2. The zero-order chi connectivity index (χ0) is 13.0. The first-order valence-electron chi connectivity index (χ1n) is 6.65. The lowest BCUT2D eigenvalue weighted by Gasteiger charge is -2.21. The molecule has 1 aromatic heterocycles. The van der Waals surface area contributed by atoms with Gasteiger partial charge in [0.15, 0.2) is 0 Å². The zero-order valence-corrected chi connectivity index (χ0v) is 11.4. The first-order chi connectivity index (χ1) is 8.72. The third kappa shape index (κ3) is 2.85. The first kappa shape index (κ1) is 13.0. The van der Waals surface area contributed by atoms with Crippen LogP contribution in [-0.2, 0) is 6.42 Å². The minimum absolute atomic E-state index is 0.454. The summed E-state index contributed by atoms with van der Waals surface area (Å²) in [6.45, 7) is 7.61. The van der Waals surface area contributed by atoms with Crippen molar-refractivity contribution in [2.75, 3.05) is 6.54 Å². The van der Waals surface area contributed by atoms with Crippen LogP contribution in [0.3, 0.4) is 0 Å². The molecule has 96 valence electrons. The maximum absolute atomic E-state index is 4.32. The van der Waals surface area contributed by atoms with Gasteiger partial charge in [-0.15, -0.1) is 0 Å². The van der Waals surface area contributed by atoms with Crippen LogP contribution in [0.4, 0.5) is 0 Å². The molecule has 2 aromatic rings. The van der Waals surface area contributed by atoms with Gasteiger partial charge in [0.25, 0.3) is 0 Å². The average Bonchev–Trinajstić information content (AvgIpc) is 2.38. The predicted octanol–water partition coefficient (Wildman–Crippen LogP) is 2.81. The monoisotopic (exact) mass is 243 g/mol. The summed E-state index contributed by atoms with van der Waals surface area (Å²) in [5.74, 6) is 0.589. The lowest BCUT2D eigenvalue weighted by Crippen LogP contribution is -2.35. The summed E-state index contributed by atoms with van der Waals surface area (Å²) in [6, 6.07) is 8.77. The van der Waals surface area contributed by atoms with Crippen LogP contribution >= 0.6 is 0 Å². The van der Waals surface area contributed by atoms with Crippen LogP contribution in [-0.4, -0.2) is 22.8 Å². The van der Waals surface area contributed by atoms with E-state index in [4.69, 9.17) is 0 Å². The molecule has 1 N–H and O–H groups in total. The van der Waals surface area contributed by atoms with E-state index in [0.717, 1.165) is 18.7 Å². The summed E-state index contributed by atoms with van der Waals surface area (Å²) in [5.41, 5.74) is 1.09. The topological polar surface area (TPSA) is 37.8 Å². The van der Waals surface area contributed by atoms with Gasteiger partial charge >= 0.3 is 0 Å². The Morgan fingerprint density at radius 3 is 2.72 bits per heavy atom. The molecule has 1 aromatic carbocycles. The molecule has 3 nitrogen and oxygen atoms in total. The highest BCUT2D eigenvalue weighted by atomic mass is 15.1. The van der Waals surface area contributed by atoms with Gasteiger partial charge in [-0.25, -0.2) is 0 Å². The number of rotatable bonds is 5. The maximum Gasteiger partial charge on any atom is 0.0724 e. The van der Waals surface area contributed by atoms with Crippen molar-refractivity contribution < 1.29 is 0 Å². The Balaban J connectivity index is 2.30. The molecule has 0 saturated heterocycles. The SMILES string of the molecule is CCNC(Cc1nncc2ccccc12)C(C)C. The van der Waals surface area contributed by atoms with E-state index in [2.05, 4.69) is 54.5 Å². The van der Waals surface area contributed by atoms with E-state index >= 15 is 0 Å². The number of aromatic nitrogens is 2. The van der Waals surface area contributed by atoms with E-state index in [1.54, 1.807) is 0 Å². The quantitative estimate of drug-likeness (QED) is 0.877. The summed E-state index contributed by atoms with van der Waals surface area (Å²) in [5, 5.41) is 14.3. The van der Waals surface area contributed by atoms with E-state index < -0.39 is 0 Å². The lowest BCUT2D eigenvalue weighted by atomic mass is 9.97. The van der Waals surface area contributed by atoms with Gasteiger partial charge in [-0.2, -0.15) is 10.2 Å². The Morgan fingerprint density at radius 1 is 1.22 bits per heavy atom. The second-order valence-corrected chi connectivity index (χ2v) is 4.99. The van der Waals surface area contributed by atoms with Crippen LogP contribution in [0.25, 0.3) is 10.8 Å². The normalized spacial score (nSPS) is 13.1. The number of benzene rings is 1. The standard InChI is InChI=1S/C15H21N3/c1-4-16-14(11(2)3)9-15-13-8-6-5-7-12(13)10-17-18-15/h5-8,10-11,14,16H,4,9H2,1-3H3. The summed E-state index contributed by atoms with van der Waals surface area (Å²) in [6.07, 6.45) is 2.76. The minimum Gasteiger partial charge on any atom is -0.314 e. The van der Waals surface area contributed by atoms with Crippen molar-refractivity contribution in [3.63, 3.8) is 0 Å². The summed E-state index contributed by atoms with van der Waals surface area (Å²) >= 11 is 0. The van der Waals surface area contributed by atoms with Gasteiger partial charge in [0.2, 0.25) is 0 Å². The molecular weight excluding hydrogens is 222 g/mol. The fourth-order valence-electron chi connectivity index (χ4n) is 2.25. The Hall–Kier alpha value is -1.48. The van der Waals surface area contributed by atoms with Crippen LogP contribution in [0, 0.1) is 5.92 Å². The smallest absolute Gasteiger partial charge is 0.0724 e. The van der Waals surface area contributed by atoms with Gasteiger partial charge in [0, 0.05) is 23.2 Å². The van der Waals surface area contributed by atoms with E-state index in [9.17, 15) is 0 Å². The van der Waals surface area contributed by atoms with Gasteiger partial charge in [-0.1, -0.05) is 45.0 Å².